The average Bonchev–Trinajstić information content (AvgIpc) is 2.98. The third kappa shape index (κ3) is 2.46. The summed E-state index contributed by atoms with van der Waals surface area (Å²) in [6.07, 6.45) is 3.39. The molecule has 6 heteroatoms. The molecule has 0 bridgehead atoms. The molecule has 2 aliphatic rings. The second-order valence-corrected chi connectivity index (χ2v) is 7.74. The van der Waals surface area contributed by atoms with Gasteiger partial charge in [0.05, 0.1) is 10.3 Å². The second kappa shape index (κ2) is 5.10. The fraction of sp³-hybridized carbons (Fsp3) is 0.533. The van der Waals surface area contributed by atoms with Crippen LogP contribution in [0.5, 0.6) is 0 Å². The number of nitrogens with one attached hydrogen (secondary N) is 2. The summed E-state index contributed by atoms with van der Waals surface area (Å²) in [7, 11) is -3.79. The summed E-state index contributed by atoms with van der Waals surface area (Å²) in [6, 6.07) is 6.71. The van der Waals surface area contributed by atoms with Crippen molar-refractivity contribution >= 4 is 15.9 Å². The van der Waals surface area contributed by atoms with Gasteiger partial charge in [0.1, 0.15) is 0 Å². The Hall–Kier alpha value is -1.40. The first-order valence-corrected chi connectivity index (χ1v) is 8.80. The lowest BCUT2D eigenvalue weighted by atomic mass is 9.82. The number of hydrogen-bond acceptors (Lipinski definition) is 4. The SMILES string of the molecule is Cc1cccc(S(=O)(=O)NC(=O)[C@]23CCC[C@H]2NCC3)c1. The van der Waals surface area contributed by atoms with E-state index in [4.69, 9.17) is 0 Å². The molecule has 1 aliphatic carbocycles. The van der Waals surface area contributed by atoms with E-state index in [-0.39, 0.29) is 16.8 Å². The van der Waals surface area contributed by atoms with Crippen LogP contribution in [0.2, 0.25) is 0 Å². The molecule has 1 amide bonds. The molecule has 2 N–H and O–H groups in total. The van der Waals surface area contributed by atoms with E-state index in [1.54, 1.807) is 12.1 Å². The molecule has 1 aliphatic heterocycles. The number of benzene rings is 1. The van der Waals surface area contributed by atoms with Gasteiger partial charge in [-0.25, -0.2) is 13.1 Å². The van der Waals surface area contributed by atoms with Crippen LogP contribution >= 0.6 is 0 Å². The third-order valence-corrected chi connectivity index (χ3v) is 6.05. The fourth-order valence-electron chi connectivity index (χ4n) is 3.59. The van der Waals surface area contributed by atoms with Gasteiger partial charge in [0.25, 0.3) is 10.0 Å². The molecule has 5 nitrogen and oxygen atoms in total. The Labute approximate surface area is 125 Å². The Bertz CT molecular complexity index is 659. The Morgan fingerprint density at radius 3 is 2.95 bits per heavy atom. The molecule has 0 spiro atoms. The summed E-state index contributed by atoms with van der Waals surface area (Å²) >= 11 is 0. The fourth-order valence-corrected chi connectivity index (χ4v) is 4.75. The molecule has 2 atom stereocenters. The largest absolute Gasteiger partial charge is 0.313 e. The smallest absolute Gasteiger partial charge is 0.264 e. The normalized spacial score (nSPS) is 28.3. The van der Waals surface area contributed by atoms with Crippen molar-refractivity contribution < 1.29 is 13.2 Å². The van der Waals surface area contributed by atoms with Gasteiger partial charge >= 0.3 is 0 Å². The number of amides is 1. The Morgan fingerprint density at radius 1 is 1.38 bits per heavy atom. The van der Waals surface area contributed by atoms with E-state index in [1.165, 1.54) is 6.07 Å². The van der Waals surface area contributed by atoms with Gasteiger partial charge in [-0.05, 0) is 50.4 Å². The summed E-state index contributed by atoms with van der Waals surface area (Å²) in [4.78, 5) is 12.7. The number of hydrogen-bond donors (Lipinski definition) is 2. The summed E-state index contributed by atoms with van der Waals surface area (Å²) < 4.78 is 27.1. The molecule has 1 aromatic carbocycles. The molecule has 114 valence electrons. The maximum Gasteiger partial charge on any atom is 0.264 e. The van der Waals surface area contributed by atoms with Gasteiger partial charge in [0.2, 0.25) is 5.91 Å². The summed E-state index contributed by atoms with van der Waals surface area (Å²) in [6.45, 7) is 2.61. The van der Waals surface area contributed by atoms with E-state index in [0.29, 0.717) is 6.42 Å². The first kappa shape index (κ1) is 14.5. The standard InChI is InChI=1S/C15H20N2O3S/c1-11-4-2-5-12(10-11)21(19,20)17-14(18)15-7-3-6-13(15)16-9-8-15/h2,4-5,10,13,16H,3,6-9H2,1H3,(H,17,18)/t13-,15+/m1/s1. The highest BCUT2D eigenvalue weighted by molar-refractivity contribution is 7.90. The second-order valence-electron chi connectivity index (χ2n) is 6.06. The number of fused-ring (bicyclic) bond motifs is 1. The van der Waals surface area contributed by atoms with E-state index in [0.717, 1.165) is 31.4 Å². The quantitative estimate of drug-likeness (QED) is 0.883. The topological polar surface area (TPSA) is 75.3 Å². The van der Waals surface area contributed by atoms with Gasteiger partial charge in [-0.2, -0.15) is 0 Å². The number of carbonyl (C=O) groups excluding carboxylic acids is 1. The van der Waals surface area contributed by atoms with Gasteiger partial charge in [0, 0.05) is 6.04 Å². The zero-order valence-corrected chi connectivity index (χ0v) is 12.9. The zero-order valence-electron chi connectivity index (χ0n) is 12.1. The molecular formula is C15H20N2O3S. The number of aryl methyl sites for hydroxylation is 1. The minimum atomic E-state index is -3.79. The molecule has 0 unspecified atom stereocenters. The van der Waals surface area contributed by atoms with Crippen molar-refractivity contribution in [1.82, 2.24) is 10.0 Å². The van der Waals surface area contributed by atoms with Gasteiger partial charge < -0.3 is 5.32 Å². The van der Waals surface area contributed by atoms with Crippen molar-refractivity contribution in [2.75, 3.05) is 6.54 Å². The van der Waals surface area contributed by atoms with E-state index >= 15 is 0 Å². The molecule has 21 heavy (non-hydrogen) atoms. The van der Waals surface area contributed by atoms with Crippen molar-refractivity contribution in [2.45, 2.75) is 43.5 Å². The molecule has 1 aromatic rings. The third-order valence-electron chi connectivity index (χ3n) is 4.72. The lowest BCUT2D eigenvalue weighted by Crippen LogP contribution is -2.47. The molecule has 0 aromatic heterocycles. The average molecular weight is 308 g/mol. The van der Waals surface area contributed by atoms with Crippen LogP contribution in [0.15, 0.2) is 29.2 Å². The van der Waals surface area contributed by atoms with Crippen molar-refractivity contribution in [1.29, 1.82) is 0 Å². The lowest BCUT2D eigenvalue weighted by molar-refractivity contribution is -0.128. The van der Waals surface area contributed by atoms with E-state index < -0.39 is 15.4 Å². The molecule has 3 rings (SSSR count). The van der Waals surface area contributed by atoms with Crippen molar-refractivity contribution in [3.8, 4) is 0 Å². The molecule has 0 radical (unpaired) electrons. The van der Waals surface area contributed by atoms with Crippen LogP contribution in [0.1, 0.15) is 31.2 Å². The summed E-state index contributed by atoms with van der Waals surface area (Å²) in [5.74, 6) is -0.350. The first-order chi connectivity index (χ1) is 9.94. The van der Waals surface area contributed by atoms with Gasteiger partial charge in [0.15, 0.2) is 0 Å². The summed E-state index contributed by atoms with van der Waals surface area (Å²) in [5, 5.41) is 3.32. The van der Waals surface area contributed by atoms with Crippen molar-refractivity contribution in [3.05, 3.63) is 29.8 Å². The molecule has 2 fully saturated rings. The molecular weight excluding hydrogens is 288 g/mol. The van der Waals surface area contributed by atoms with Crippen LogP contribution in [0.25, 0.3) is 0 Å². The predicted octanol–water partition coefficient (Wildman–Crippen LogP) is 1.33. The Kier molecular flexibility index (Phi) is 3.53. The van der Waals surface area contributed by atoms with E-state index in [9.17, 15) is 13.2 Å². The van der Waals surface area contributed by atoms with Crippen LogP contribution in [0, 0.1) is 12.3 Å². The van der Waals surface area contributed by atoms with Crippen LogP contribution in [0.4, 0.5) is 0 Å². The Balaban J connectivity index is 1.84. The number of sulfonamides is 1. The van der Waals surface area contributed by atoms with Crippen LogP contribution in [-0.4, -0.2) is 26.9 Å². The first-order valence-electron chi connectivity index (χ1n) is 7.31. The molecule has 1 saturated carbocycles. The number of carbonyl (C=O) groups is 1. The van der Waals surface area contributed by atoms with Crippen molar-refractivity contribution in [3.63, 3.8) is 0 Å². The zero-order chi connectivity index (χ0) is 15.1. The maximum absolute atomic E-state index is 12.6. The van der Waals surface area contributed by atoms with Crippen LogP contribution < -0.4 is 10.0 Å². The number of rotatable bonds is 3. The van der Waals surface area contributed by atoms with Gasteiger partial charge in [-0.15, -0.1) is 0 Å². The molecule has 1 heterocycles. The Morgan fingerprint density at radius 2 is 2.19 bits per heavy atom. The highest BCUT2D eigenvalue weighted by Gasteiger charge is 2.52. The van der Waals surface area contributed by atoms with Gasteiger partial charge in [-0.3, -0.25) is 4.79 Å². The van der Waals surface area contributed by atoms with E-state index in [1.807, 2.05) is 13.0 Å². The monoisotopic (exact) mass is 308 g/mol. The predicted molar refractivity (Wildman–Crippen MR) is 79.2 cm³/mol. The molecule has 1 saturated heterocycles. The van der Waals surface area contributed by atoms with Crippen LogP contribution in [0.3, 0.4) is 0 Å². The maximum atomic E-state index is 12.6. The lowest BCUT2D eigenvalue weighted by Gasteiger charge is -2.27. The summed E-state index contributed by atoms with van der Waals surface area (Å²) in [5.41, 5.74) is 0.307. The minimum Gasteiger partial charge on any atom is -0.313 e. The van der Waals surface area contributed by atoms with E-state index in [2.05, 4.69) is 10.0 Å². The minimum absolute atomic E-state index is 0.116. The van der Waals surface area contributed by atoms with Crippen molar-refractivity contribution in [2.24, 2.45) is 5.41 Å². The van der Waals surface area contributed by atoms with Gasteiger partial charge in [-0.1, -0.05) is 18.6 Å². The highest BCUT2D eigenvalue weighted by atomic mass is 32.2. The van der Waals surface area contributed by atoms with Crippen LogP contribution in [-0.2, 0) is 14.8 Å². The highest BCUT2D eigenvalue weighted by Crippen LogP contribution is 2.44.